The Morgan fingerprint density at radius 1 is 1.26 bits per heavy atom. The number of benzene rings is 1. The molecule has 1 atom stereocenters. The summed E-state index contributed by atoms with van der Waals surface area (Å²) in [6.45, 7) is 4.38. The van der Waals surface area contributed by atoms with E-state index in [0.29, 0.717) is 23.1 Å². The fourth-order valence-electron chi connectivity index (χ4n) is 1.67. The Labute approximate surface area is 118 Å². The molecule has 0 aromatic heterocycles. The van der Waals surface area contributed by atoms with Gasteiger partial charge < -0.3 is 14.2 Å². The van der Waals surface area contributed by atoms with Crippen LogP contribution in [0.1, 0.15) is 25.5 Å². The topological polar surface area (TPSA) is 65.7 Å². The summed E-state index contributed by atoms with van der Waals surface area (Å²) in [5.74, 6) is 6.63. The number of methoxy groups -OCH3 is 2. The summed E-state index contributed by atoms with van der Waals surface area (Å²) in [6.07, 6.45) is 0.131. The summed E-state index contributed by atoms with van der Waals surface area (Å²) in [7, 11) is 3.11. The Morgan fingerprint density at radius 3 is 2.42 bits per heavy atom. The normalized spacial score (nSPS) is 12.6. The molecule has 6 heteroatoms. The van der Waals surface area contributed by atoms with E-state index < -0.39 is 0 Å². The summed E-state index contributed by atoms with van der Waals surface area (Å²) in [6, 6.07) is 3.45. The van der Waals surface area contributed by atoms with Gasteiger partial charge in [-0.05, 0) is 31.5 Å². The number of hydrogen-bond donors (Lipinski definition) is 2. The summed E-state index contributed by atoms with van der Waals surface area (Å²) < 4.78 is 16.0. The monoisotopic (exact) mass is 288 g/mol. The summed E-state index contributed by atoms with van der Waals surface area (Å²) in [4.78, 5) is 0. The molecule has 0 aliphatic heterocycles. The summed E-state index contributed by atoms with van der Waals surface area (Å²) in [5, 5.41) is 0.474. The van der Waals surface area contributed by atoms with Crippen LogP contribution in [0.5, 0.6) is 11.5 Å². The summed E-state index contributed by atoms with van der Waals surface area (Å²) in [5.41, 5.74) is 3.59. The highest BCUT2D eigenvalue weighted by molar-refractivity contribution is 6.32. The van der Waals surface area contributed by atoms with Gasteiger partial charge in [-0.3, -0.25) is 11.3 Å². The van der Waals surface area contributed by atoms with Gasteiger partial charge in [0.15, 0.2) is 11.5 Å². The van der Waals surface area contributed by atoms with Crippen molar-refractivity contribution in [2.45, 2.75) is 26.0 Å². The first-order valence-electron chi connectivity index (χ1n) is 6.02. The van der Waals surface area contributed by atoms with E-state index in [0.717, 1.165) is 5.56 Å². The van der Waals surface area contributed by atoms with Gasteiger partial charge in [-0.2, -0.15) is 0 Å². The second-order valence-electron chi connectivity index (χ2n) is 4.34. The van der Waals surface area contributed by atoms with Gasteiger partial charge in [-0.25, -0.2) is 0 Å². The van der Waals surface area contributed by atoms with E-state index in [1.54, 1.807) is 20.3 Å². The van der Waals surface area contributed by atoms with Crippen molar-refractivity contribution in [3.05, 3.63) is 22.7 Å². The van der Waals surface area contributed by atoms with E-state index in [2.05, 4.69) is 5.43 Å². The molecule has 1 unspecified atom stereocenters. The number of halogens is 1. The van der Waals surface area contributed by atoms with Crippen LogP contribution in [0, 0.1) is 0 Å². The van der Waals surface area contributed by atoms with Crippen LogP contribution in [0.15, 0.2) is 12.1 Å². The predicted octanol–water partition coefficient (Wildman–Crippen LogP) is 2.29. The van der Waals surface area contributed by atoms with E-state index in [-0.39, 0.29) is 12.1 Å². The average molecular weight is 289 g/mol. The quantitative estimate of drug-likeness (QED) is 0.595. The van der Waals surface area contributed by atoms with Crippen LogP contribution in [-0.4, -0.2) is 26.9 Å². The third-order valence-corrected chi connectivity index (χ3v) is 2.94. The van der Waals surface area contributed by atoms with Gasteiger partial charge in [0.1, 0.15) is 0 Å². The second-order valence-corrected chi connectivity index (χ2v) is 4.75. The van der Waals surface area contributed by atoms with E-state index in [1.807, 2.05) is 19.9 Å². The molecule has 0 spiro atoms. The minimum atomic E-state index is -0.167. The predicted molar refractivity (Wildman–Crippen MR) is 75.7 cm³/mol. The third kappa shape index (κ3) is 4.24. The van der Waals surface area contributed by atoms with Crippen molar-refractivity contribution in [1.82, 2.24) is 5.43 Å². The Bertz CT molecular complexity index is 413. The Morgan fingerprint density at radius 2 is 1.95 bits per heavy atom. The van der Waals surface area contributed by atoms with Crippen molar-refractivity contribution in [2.24, 2.45) is 5.84 Å². The van der Waals surface area contributed by atoms with Crippen LogP contribution in [0.3, 0.4) is 0 Å². The molecule has 1 aromatic rings. The number of nitrogens with one attached hydrogen (secondary N) is 1. The van der Waals surface area contributed by atoms with Crippen LogP contribution in [0.2, 0.25) is 5.02 Å². The number of hydrazine groups is 1. The van der Waals surface area contributed by atoms with Gasteiger partial charge in [-0.15, -0.1) is 0 Å². The zero-order chi connectivity index (χ0) is 14.4. The fraction of sp³-hybridized carbons (Fsp3) is 0.538. The largest absolute Gasteiger partial charge is 0.493 e. The fourth-order valence-corrected chi connectivity index (χ4v) is 1.96. The Kier molecular flexibility index (Phi) is 6.37. The van der Waals surface area contributed by atoms with E-state index in [9.17, 15) is 0 Å². The minimum Gasteiger partial charge on any atom is -0.493 e. The van der Waals surface area contributed by atoms with Crippen molar-refractivity contribution in [2.75, 3.05) is 20.8 Å². The molecule has 0 fully saturated rings. The lowest BCUT2D eigenvalue weighted by atomic mass is 10.1. The highest BCUT2D eigenvalue weighted by Crippen LogP contribution is 2.37. The molecule has 0 bridgehead atoms. The number of ether oxygens (including phenoxy) is 3. The summed E-state index contributed by atoms with van der Waals surface area (Å²) >= 11 is 6.16. The van der Waals surface area contributed by atoms with Crippen molar-refractivity contribution in [3.8, 4) is 11.5 Å². The number of hydrogen-bond acceptors (Lipinski definition) is 5. The zero-order valence-corrected chi connectivity index (χ0v) is 12.5. The van der Waals surface area contributed by atoms with Crippen molar-refractivity contribution in [3.63, 3.8) is 0 Å². The SMILES string of the molecule is COc1cc(C(COC(C)C)NN)cc(Cl)c1OC. The maximum atomic E-state index is 6.16. The molecule has 0 radical (unpaired) electrons. The molecular formula is C13H21ClN2O3. The van der Waals surface area contributed by atoms with Crippen LogP contribution >= 0.6 is 11.6 Å². The standard InChI is InChI=1S/C13H21ClN2O3/c1-8(2)19-7-11(16-15)9-5-10(14)13(18-4)12(6-9)17-3/h5-6,8,11,16H,7,15H2,1-4H3. The molecule has 0 heterocycles. The van der Waals surface area contributed by atoms with Gasteiger partial charge in [-0.1, -0.05) is 11.6 Å². The Hall–Kier alpha value is -1.01. The van der Waals surface area contributed by atoms with Crippen molar-refractivity contribution in [1.29, 1.82) is 0 Å². The van der Waals surface area contributed by atoms with Crippen molar-refractivity contribution >= 4 is 11.6 Å². The highest BCUT2D eigenvalue weighted by atomic mass is 35.5. The smallest absolute Gasteiger partial charge is 0.179 e. The van der Waals surface area contributed by atoms with Crippen molar-refractivity contribution < 1.29 is 14.2 Å². The molecule has 3 N–H and O–H groups in total. The van der Waals surface area contributed by atoms with Gasteiger partial charge in [0.05, 0.1) is 38.0 Å². The van der Waals surface area contributed by atoms with Crippen LogP contribution in [-0.2, 0) is 4.74 Å². The first-order chi connectivity index (χ1) is 9.03. The average Bonchev–Trinajstić information content (AvgIpc) is 2.38. The van der Waals surface area contributed by atoms with E-state index in [1.165, 1.54) is 0 Å². The molecule has 0 aliphatic carbocycles. The third-order valence-electron chi connectivity index (χ3n) is 2.66. The van der Waals surface area contributed by atoms with Gasteiger partial charge >= 0.3 is 0 Å². The number of rotatable bonds is 7. The van der Waals surface area contributed by atoms with Gasteiger partial charge in [0.2, 0.25) is 0 Å². The van der Waals surface area contributed by atoms with E-state index >= 15 is 0 Å². The molecule has 0 aliphatic rings. The lowest BCUT2D eigenvalue weighted by Gasteiger charge is -2.20. The van der Waals surface area contributed by atoms with Crippen LogP contribution < -0.4 is 20.7 Å². The Balaban J connectivity index is 3.01. The molecule has 0 amide bonds. The molecule has 0 saturated carbocycles. The minimum absolute atomic E-state index is 0.131. The lowest BCUT2D eigenvalue weighted by Crippen LogP contribution is -2.32. The first kappa shape index (κ1) is 16.0. The molecular weight excluding hydrogens is 268 g/mol. The lowest BCUT2D eigenvalue weighted by molar-refractivity contribution is 0.0611. The van der Waals surface area contributed by atoms with Gasteiger partial charge in [0.25, 0.3) is 0 Å². The molecule has 1 aromatic carbocycles. The molecule has 0 saturated heterocycles. The highest BCUT2D eigenvalue weighted by Gasteiger charge is 2.17. The number of nitrogens with two attached hydrogens (primary N) is 1. The molecule has 5 nitrogen and oxygen atoms in total. The zero-order valence-electron chi connectivity index (χ0n) is 11.7. The van der Waals surface area contributed by atoms with Gasteiger partial charge in [0, 0.05) is 0 Å². The molecule has 108 valence electrons. The second kappa shape index (κ2) is 7.55. The maximum absolute atomic E-state index is 6.16. The molecule has 1 rings (SSSR count). The van der Waals surface area contributed by atoms with E-state index in [4.69, 9.17) is 31.7 Å². The van der Waals surface area contributed by atoms with Crippen LogP contribution in [0.25, 0.3) is 0 Å². The maximum Gasteiger partial charge on any atom is 0.179 e. The molecule has 19 heavy (non-hydrogen) atoms. The van der Waals surface area contributed by atoms with Crippen LogP contribution in [0.4, 0.5) is 0 Å². The first-order valence-corrected chi connectivity index (χ1v) is 6.40.